The Kier molecular flexibility index (Phi) is 5.78. The standard InChI is InChI=1S/C22H20F3N3O2/c1-13-8-9-14(2)16(12-13)18-10-11-20(29)28(27-18)15(3)21(30)26-19-7-5-4-6-17(19)22(23,24)25/h4-12,15H,1-3H3,(H,26,30)/t15-/m1/s1. The van der Waals surface area contributed by atoms with E-state index >= 15 is 0 Å². The number of hydrogen-bond acceptors (Lipinski definition) is 3. The molecule has 0 unspecified atom stereocenters. The molecule has 30 heavy (non-hydrogen) atoms. The van der Waals surface area contributed by atoms with E-state index in [1.807, 2.05) is 32.0 Å². The maximum atomic E-state index is 13.2. The second kappa shape index (κ2) is 8.14. The monoisotopic (exact) mass is 415 g/mol. The molecule has 0 saturated carbocycles. The van der Waals surface area contributed by atoms with Crippen molar-refractivity contribution in [3.05, 3.63) is 81.6 Å². The molecule has 0 spiro atoms. The number of aryl methyl sites for hydroxylation is 2. The number of nitrogens with zero attached hydrogens (tertiary/aromatic N) is 2. The fraction of sp³-hybridized carbons (Fsp3) is 0.227. The number of para-hydroxylation sites is 1. The van der Waals surface area contributed by atoms with Crippen LogP contribution in [-0.2, 0) is 11.0 Å². The number of rotatable bonds is 4. The number of aromatic nitrogens is 2. The molecule has 0 bridgehead atoms. The van der Waals surface area contributed by atoms with Gasteiger partial charge in [0.2, 0.25) is 5.91 Å². The van der Waals surface area contributed by atoms with Gasteiger partial charge in [0, 0.05) is 11.6 Å². The molecular formula is C22H20F3N3O2. The fourth-order valence-electron chi connectivity index (χ4n) is 3.05. The lowest BCUT2D eigenvalue weighted by atomic mass is 10.0. The number of amides is 1. The molecule has 3 rings (SSSR count). The van der Waals surface area contributed by atoms with E-state index in [0.29, 0.717) is 5.69 Å². The molecule has 5 nitrogen and oxygen atoms in total. The fourth-order valence-corrected chi connectivity index (χ4v) is 3.05. The first kappa shape index (κ1) is 21.3. The largest absolute Gasteiger partial charge is 0.418 e. The van der Waals surface area contributed by atoms with Crippen molar-refractivity contribution in [3.63, 3.8) is 0 Å². The molecule has 1 heterocycles. The van der Waals surface area contributed by atoms with Crippen LogP contribution in [0.5, 0.6) is 0 Å². The summed E-state index contributed by atoms with van der Waals surface area (Å²) in [5, 5.41) is 6.56. The van der Waals surface area contributed by atoms with Crippen LogP contribution in [0.15, 0.2) is 59.4 Å². The van der Waals surface area contributed by atoms with E-state index in [-0.39, 0.29) is 5.69 Å². The Bertz CT molecular complexity index is 1150. The van der Waals surface area contributed by atoms with E-state index in [0.717, 1.165) is 33.5 Å². The minimum Gasteiger partial charge on any atom is -0.324 e. The van der Waals surface area contributed by atoms with Crippen molar-refractivity contribution in [3.8, 4) is 11.3 Å². The van der Waals surface area contributed by atoms with Gasteiger partial charge in [0.1, 0.15) is 6.04 Å². The van der Waals surface area contributed by atoms with Gasteiger partial charge < -0.3 is 5.32 Å². The zero-order valence-electron chi connectivity index (χ0n) is 16.6. The summed E-state index contributed by atoms with van der Waals surface area (Å²) >= 11 is 0. The molecule has 0 aliphatic carbocycles. The first-order chi connectivity index (χ1) is 14.1. The van der Waals surface area contributed by atoms with Gasteiger partial charge in [-0.25, -0.2) is 4.68 Å². The number of hydrogen-bond donors (Lipinski definition) is 1. The number of carbonyl (C=O) groups excluding carboxylic acids is 1. The van der Waals surface area contributed by atoms with Crippen molar-refractivity contribution in [1.29, 1.82) is 0 Å². The molecule has 1 amide bonds. The van der Waals surface area contributed by atoms with Gasteiger partial charge in [-0.1, -0.05) is 29.8 Å². The Hall–Kier alpha value is -3.42. The molecule has 1 N–H and O–H groups in total. The summed E-state index contributed by atoms with van der Waals surface area (Å²) < 4.78 is 40.5. The molecule has 0 aliphatic rings. The summed E-state index contributed by atoms with van der Waals surface area (Å²) in [6, 6.07) is 12.2. The van der Waals surface area contributed by atoms with E-state index < -0.39 is 29.2 Å². The number of alkyl halides is 3. The van der Waals surface area contributed by atoms with Crippen molar-refractivity contribution < 1.29 is 18.0 Å². The van der Waals surface area contributed by atoms with Crippen LogP contribution in [0.4, 0.5) is 18.9 Å². The maximum Gasteiger partial charge on any atom is 0.418 e. The first-order valence-electron chi connectivity index (χ1n) is 9.22. The minimum absolute atomic E-state index is 0.374. The van der Waals surface area contributed by atoms with Crippen LogP contribution < -0.4 is 10.9 Å². The van der Waals surface area contributed by atoms with E-state index in [1.165, 1.54) is 25.1 Å². The molecule has 8 heteroatoms. The minimum atomic E-state index is -4.62. The second-order valence-corrected chi connectivity index (χ2v) is 7.03. The molecule has 156 valence electrons. The molecule has 0 aliphatic heterocycles. The van der Waals surface area contributed by atoms with Gasteiger partial charge in [-0.15, -0.1) is 0 Å². The maximum absolute atomic E-state index is 13.2. The van der Waals surface area contributed by atoms with Crippen LogP contribution in [0, 0.1) is 13.8 Å². The predicted octanol–water partition coefficient (Wildman–Crippen LogP) is 4.75. The lowest BCUT2D eigenvalue weighted by Gasteiger charge is -2.18. The topological polar surface area (TPSA) is 64.0 Å². The van der Waals surface area contributed by atoms with Crippen LogP contribution in [0.2, 0.25) is 0 Å². The van der Waals surface area contributed by atoms with Crippen LogP contribution in [0.3, 0.4) is 0 Å². The highest BCUT2D eigenvalue weighted by molar-refractivity contribution is 5.94. The number of benzene rings is 2. The van der Waals surface area contributed by atoms with Crippen LogP contribution in [-0.4, -0.2) is 15.7 Å². The predicted molar refractivity (Wildman–Crippen MR) is 108 cm³/mol. The lowest BCUT2D eigenvalue weighted by Crippen LogP contribution is -2.33. The van der Waals surface area contributed by atoms with Gasteiger partial charge >= 0.3 is 6.18 Å². The summed E-state index contributed by atoms with van der Waals surface area (Å²) in [5.74, 6) is -0.778. The highest BCUT2D eigenvalue weighted by Crippen LogP contribution is 2.34. The van der Waals surface area contributed by atoms with Gasteiger partial charge in [0.15, 0.2) is 0 Å². The van der Waals surface area contributed by atoms with Crippen LogP contribution >= 0.6 is 0 Å². The van der Waals surface area contributed by atoms with Gasteiger partial charge in [0.25, 0.3) is 5.56 Å². The highest BCUT2D eigenvalue weighted by atomic mass is 19.4. The first-order valence-corrected chi connectivity index (χ1v) is 9.22. The molecule has 0 fully saturated rings. The zero-order valence-corrected chi connectivity index (χ0v) is 16.6. The van der Waals surface area contributed by atoms with Crippen molar-refractivity contribution in [1.82, 2.24) is 9.78 Å². The number of halogens is 3. The molecule has 2 aromatic carbocycles. The zero-order chi connectivity index (χ0) is 22.1. The molecule has 3 aromatic rings. The molecule has 0 saturated heterocycles. The number of anilines is 1. The van der Waals surface area contributed by atoms with E-state index in [9.17, 15) is 22.8 Å². The third-order valence-corrected chi connectivity index (χ3v) is 4.73. The molecule has 1 aromatic heterocycles. The number of nitrogens with one attached hydrogen (secondary N) is 1. The summed E-state index contributed by atoms with van der Waals surface area (Å²) in [6.45, 7) is 5.23. The van der Waals surface area contributed by atoms with Crippen molar-refractivity contribution >= 4 is 11.6 Å². The summed E-state index contributed by atoms with van der Waals surface area (Å²) in [5.41, 5.74) is 1.37. The van der Waals surface area contributed by atoms with E-state index in [2.05, 4.69) is 10.4 Å². The van der Waals surface area contributed by atoms with E-state index in [1.54, 1.807) is 6.07 Å². The van der Waals surface area contributed by atoms with Crippen molar-refractivity contribution in [2.45, 2.75) is 33.0 Å². The van der Waals surface area contributed by atoms with Gasteiger partial charge in [-0.05, 0) is 50.6 Å². The highest BCUT2D eigenvalue weighted by Gasteiger charge is 2.34. The van der Waals surface area contributed by atoms with Crippen molar-refractivity contribution in [2.24, 2.45) is 0 Å². The second-order valence-electron chi connectivity index (χ2n) is 7.03. The number of carbonyl (C=O) groups is 1. The van der Waals surface area contributed by atoms with Crippen molar-refractivity contribution in [2.75, 3.05) is 5.32 Å². The Morgan fingerprint density at radius 1 is 1.07 bits per heavy atom. The van der Waals surface area contributed by atoms with Gasteiger partial charge in [0.05, 0.1) is 16.9 Å². The van der Waals surface area contributed by atoms with Gasteiger partial charge in [-0.2, -0.15) is 18.3 Å². The molecule has 1 atom stereocenters. The normalized spacial score (nSPS) is 12.5. The summed E-state index contributed by atoms with van der Waals surface area (Å²) in [7, 11) is 0. The summed E-state index contributed by atoms with van der Waals surface area (Å²) in [4.78, 5) is 25.0. The SMILES string of the molecule is Cc1ccc(C)c(-c2ccc(=O)n([C@H](C)C(=O)Nc3ccccc3C(F)(F)F)n2)c1. The molecule has 0 radical (unpaired) electrons. The van der Waals surface area contributed by atoms with Crippen LogP contribution in [0.1, 0.15) is 29.7 Å². The van der Waals surface area contributed by atoms with Crippen LogP contribution in [0.25, 0.3) is 11.3 Å². The average molecular weight is 415 g/mol. The van der Waals surface area contributed by atoms with E-state index in [4.69, 9.17) is 0 Å². The smallest absolute Gasteiger partial charge is 0.324 e. The third kappa shape index (κ3) is 4.42. The quantitative estimate of drug-likeness (QED) is 0.669. The Labute approximate surface area is 171 Å². The lowest BCUT2D eigenvalue weighted by molar-refractivity contribution is -0.137. The Morgan fingerprint density at radius 2 is 1.77 bits per heavy atom. The third-order valence-electron chi connectivity index (χ3n) is 4.73. The van der Waals surface area contributed by atoms with Gasteiger partial charge in [-0.3, -0.25) is 9.59 Å². The average Bonchev–Trinajstić information content (AvgIpc) is 2.69. The Balaban J connectivity index is 1.94. The molecular weight excluding hydrogens is 395 g/mol. The Morgan fingerprint density at radius 3 is 2.47 bits per heavy atom. The summed E-state index contributed by atoms with van der Waals surface area (Å²) in [6.07, 6.45) is -4.62.